The molecule has 1 aliphatic heterocycles. The molecule has 1 aliphatic rings. The van der Waals surface area contributed by atoms with Gasteiger partial charge in [0.1, 0.15) is 5.82 Å². The number of nitrogens with one attached hydrogen (secondary N) is 1. The predicted molar refractivity (Wildman–Crippen MR) is 93.5 cm³/mol. The Kier molecular flexibility index (Phi) is 6.34. The van der Waals surface area contributed by atoms with Gasteiger partial charge in [-0.2, -0.15) is 0 Å². The fourth-order valence-electron chi connectivity index (χ4n) is 2.88. The fraction of sp³-hybridized carbons (Fsp3) is 0.526. The van der Waals surface area contributed by atoms with E-state index < -0.39 is 23.9 Å². The standard InChI is InChI=1S/C19H25FN2O4/c1-11(2)22-10-15(9-17(22)23)19(25)26-13(4)18(24)21-12(3)14-5-7-16(20)8-6-14/h5-8,11-13,15H,9-10H2,1-4H3,(H,21,24). The number of esters is 1. The maximum Gasteiger partial charge on any atom is 0.312 e. The molecule has 0 spiro atoms. The van der Waals surface area contributed by atoms with Crippen molar-refractivity contribution in [2.75, 3.05) is 6.54 Å². The Hall–Kier alpha value is -2.44. The minimum absolute atomic E-state index is 0.0255. The Bertz CT molecular complexity index is 675. The van der Waals surface area contributed by atoms with Gasteiger partial charge < -0.3 is 15.0 Å². The second-order valence-corrected chi connectivity index (χ2v) is 6.90. The SMILES string of the molecule is CC(OC(=O)C1CC(=O)N(C(C)C)C1)C(=O)NC(C)c1ccc(F)cc1. The summed E-state index contributed by atoms with van der Waals surface area (Å²) in [6.45, 7) is 7.34. The van der Waals surface area contributed by atoms with Crippen molar-refractivity contribution in [2.45, 2.75) is 52.3 Å². The molecule has 3 atom stereocenters. The van der Waals surface area contributed by atoms with E-state index in [9.17, 15) is 18.8 Å². The molecule has 26 heavy (non-hydrogen) atoms. The van der Waals surface area contributed by atoms with E-state index in [4.69, 9.17) is 4.74 Å². The lowest BCUT2D eigenvalue weighted by atomic mass is 10.1. The highest BCUT2D eigenvalue weighted by Gasteiger charge is 2.37. The normalized spacial score (nSPS) is 19.4. The first-order valence-corrected chi connectivity index (χ1v) is 8.74. The van der Waals surface area contributed by atoms with Gasteiger partial charge in [0.15, 0.2) is 6.10 Å². The molecule has 6 nitrogen and oxygen atoms in total. The number of nitrogens with zero attached hydrogens (tertiary/aromatic N) is 1. The maximum absolute atomic E-state index is 13.0. The van der Waals surface area contributed by atoms with Gasteiger partial charge in [-0.15, -0.1) is 0 Å². The van der Waals surface area contributed by atoms with Crippen LogP contribution in [0.3, 0.4) is 0 Å². The third-order valence-corrected chi connectivity index (χ3v) is 4.51. The van der Waals surface area contributed by atoms with Crippen LogP contribution in [0, 0.1) is 11.7 Å². The van der Waals surface area contributed by atoms with Crippen molar-refractivity contribution in [2.24, 2.45) is 5.92 Å². The minimum atomic E-state index is -0.978. The molecule has 0 bridgehead atoms. The lowest BCUT2D eigenvalue weighted by molar-refractivity contribution is -0.158. The van der Waals surface area contributed by atoms with Crippen molar-refractivity contribution in [3.8, 4) is 0 Å². The van der Waals surface area contributed by atoms with Crippen LogP contribution in [0.15, 0.2) is 24.3 Å². The zero-order valence-electron chi connectivity index (χ0n) is 15.5. The molecule has 0 aromatic heterocycles. The van der Waals surface area contributed by atoms with Gasteiger partial charge in [0.05, 0.1) is 12.0 Å². The van der Waals surface area contributed by atoms with Crippen LogP contribution in [-0.2, 0) is 19.1 Å². The summed E-state index contributed by atoms with van der Waals surface area (Å²) in [6, 6.07) is 5.48. The van der Waals surface area contributed by atoms with Gasteiger partial charge in [-0.05, 0) is 45.4 Å². The van der Waals surface area contributed by atoms with Gasteiger partial charge in [-0.1, -0.05) is 12.1 Å². The number of amides is 2. The van der Waals surface area contributed by atoms with Gasteiger partial charge >= 0.3 is 5.97 Å². The number of hydrogen-bond acceptors (Lipinski definition) is 4. The third-order valence-electron chi connectivity index (χ3n) is 4.51. The van der Waals surface area contributed by atoms with Crippen LogP contribution < -0.4 is 5.32 Å². The molecule has 1 aromatic rings. The van der Waals surface area contributed by atoms with Gasteiger partial charge in [0.2, 0.25) is 5.91 Å². The summed E-state index contributed by atoms with van der Waals surface area (Å²) in [4.78, 5) is 38.0. The van der Waals surface area contributed by atoms with Crippen LogP contribution in [0.4, 0.5) is 4.39 Å². The van der Waals surface area contributed by atoms with E-state index in [1.165, 1.54) is 19.1 Å². The van der Waals surface area contributed by atoms with Crippen molar-refractivity contribution < 1.29 is 23.5 Å². The number of carbonyl (C=O) groups excluding carboxylic acids is 3. The topological polar surface area (TPSA) is 75.7 Å². The third kappa shape index (κ3) is 4.80. The summed E-state index contributed by atoms with van der Waals surface area (Å²) >= 11 is 0. The molecule has 1 fully saturated rings. The van der Waals surface area contributed by atoms with Crippen LogP contribution in [0.2, 0.25) is 0 Å². The highest BCUT2D eigenvalue weighted by Crippen LogP contribution is 2.22. The van der Waals surface area contributed by atoms with Gasteiger partial charge in [0.25, 0.3) is 5.91 Å². The van der Waals surface area contributed by atoms with Crippen molar-refractivity contribution in [1.29, 1.82) is 0 Å². The minimum Gasteiger partial charge on any atom is -0.452 e. The Labute approximate surface area is 152 Å². The number of carbonyl (C=O) groups is 3. The number of hydrogen-bond donors (Lipinski definition) is 1. The van der Waals surface area contributed by atoms with Crippen molar-refractivity contribution >= 4 is 17.8 Å². The molecular formula is C19H25FN2O4. The van der Waals surface area contributed by atoms with Crippen molar-refractivity contribution in [3.63, 3.8) is 0 Å². The summed E-state index contributed by atoms with van der Waals surface area (Å²) in [5.41, 5.74) is 0.743. The lowest BCUT2D eigenvalue weighted by Crippen LogP contribution is -2.39. The Morgan fingerprint density at radius 3 is 2.35 bits per heavy atom. The van der Waals surface area contributed by atoms with Crippen LogP contribution >= 0.6 is 0 Å². The van der Waals surface area contributed by atoms with Crippen molar-refractivity contribution in [1.82, 2.24) is 10.2 Å². The second-order valence-electron chi connectivity index (χ2n) is 6.90. The van der Waals surface area contributed by atoms with E-state index in [0.29, 0.717) is 6.54 Å². The summed E-state index contributed by atoms with van der Waals surface area (Å²) in [5.74, 6) is -1.96. The molecule has 7 heteroatoms. The highest BCUT2D eigenvalue weighted by molar-refractivity contribution is 5.89. The molecule has 0 radical (unpaired) electrons. The Morgan fingerprint density at radius 1 is 1.19 bits per heavy atom. The van der Waals surface area contributed by atoms with Gasteiger partial charge in [-0.25, -0.2) is 4.39 Å². The smallest absolute Gasteiger partial charge is 0.312 e. The van der Waals surface area contributed by atoms with E-state index in [1.807, 2.05) is 13.8 Å². The van der Waals surface area contributed by atoms with Gasteiger partial charge in [-0.3, -0.25) is 14.4 Å². The largest absolute Gasteiger partial charge is 0.452 e. The first kappa shape index (κ1) is 19.9. The molecule has 142 valence electrons. The molecule has 1 heterocycles. The van der Waals surface area contributed by atoms with Crippen LogP contribution in [0.1, 0.15) is 45.7 Å². The summed E-state index contributed by atoms with van der Waals surface area (Å²) < 4.78 is 18.2. The number of ether oxygens (including phenoxy) is 1. The Morgan fingerprint density at radius 2 is 1.81 bits per heavy atom. The molecule has 2 rings (SSSR count). The van der Waals surface area contributed by atoms with E-state index in [2.05, 4.69) is 5.32 Å². The van der Waals surface area contributed by atoms with E-state index in [-0.39, 0.29) is 30.2 Å². The molecule has 1 N–H and O–H groups in total. The molecule has 2 amide bonds. The molecular weight excluding hydrogens is 339 g/mol. The first-order chi connectivity index (χ1) is 12.2. The average molecular weight is 364 g/mol. The zero-order valence-corrected chi connectivity index (χ0v) is 15.5. The quantitative estimate of drug-likeness (QED) is 0.785. The number of rotatable bonds is 6. The van der Waals surface area contributed by atoms with Crippen LogP contribution in [-0.4, -0.2) is 41.4 Å². The lowest BCUT2D eigenvalue weighted by Gasteiger charge is -2.21. The predicted octanol–water partition coefficient (Wildman–Crippen LogP) is 2.19. The van der Waals surface area contributed by atoms with E-state index >= 15 is 0 Å². The Balaban J connectivity index is 1.87. The summed E-state index contributed by atoms with van der Waals surface area (Å²) in [7, 11) is 0. The van der Waals surface area contributed by atoms with Crippen molar-refractivity contribution in [3.05, 3.63) is 35.6 Å². The molecule has 1 saturated heterocycles. The van der Waals surface area contributed by atoms with E-state index in [1.54, 1.807) is 24.0 Å². The number of benzene rings is 1. The molecule has 0 aliphatic carbocycles. The second kappa shape index (κ2) is 8.29. The fourth-order valence-corrected chi connectivity index (χ4v) is 2.88. The zero-order chi connectivity index (χ0) is 19.4. The average Bonchev–Trinajstić information content (AvgIpc) is 2.97. The summed E-state index contributed by atoms with van der Waals surface area (Å²) in [6.07, 6.45) is -0.870. The summed E-state index contributed by atoms with van der Waals surface area (Å²) in [5, 5.41) is 2.73. The maximum atomic E-state index is 13.0. The monoisotopic (exact) mass is 364 g/mol. The highest BCUT2D eigenvalue weighted by atomic mass is 19.1. The molecule has 0 saturated carbocycles. The van der Waals surface area contributed by atoms with Crippen LogP contribution in [0.5, 0.6) is 0 Å². The molecule has 3 unspecified atom stereocenters. The van der Waals surface area contributed by atoms with Crippen LogP contribution in [0.25, 0.3) is 0 Å². The number of halogens is 1. The van der Waals surface area contributed by atoms with Gasteiger partial charge in [0, 0.05) is 19.0 Å². The first-order valence-electron chi connectivity index (χ1n) is 8.74. The van der Waals surface area contributed by atoms with E-state index in [0.717, 1.165) is 5.56 Å². The molecule has 1 aromatic carbocycles. The number of likely N-dealkylation sites (tertiary alicyclic amines) is 1.